The van der Waals surface area contributed by atoms with E-state index in [9.17, 15) is 14.4 Å². The molecule has 1 saturated heterocycles. The zero-order valence-electron chi connectivity index (χ0n) is 15.0. The van der Waals surface area contributed by atoms with Gasteiger partial charge in [0.2, 0.25) is 17.7 Å². The Morgan fingerprint density at radius 2 is 1.73 bits per heavy atom. The minimum absolute atomic E-state index is 0.0127. The number of rotatable bonds is 6. The first-order chi connectivity index (χ1) is 12.5. The monoisotopic (exact) mass is 420 g/mol. The standard InChI is InChI=1S/C20H25BrN2O3/c1-13(6-7-14-8-10-15(21)11-9-14)22-18(24)12-23-19(25)16-4-2-3-5-17(16)20(23)26/h8-11,13,16-17H,2-7,12H2,1H3,(H,22,24). The molecule has 3 unspecified atom stereocenters. The maximum absolute atomic E-state index is 12.4. The predicted octanol–water partition coefficient (Wildman–Crippen LogP) is 3.06. The fourth-order valence-corrected chi connectivity index (χ4v) is 4.22. The summed E-state index contributed by atoms with van der Waals surface area (Å²) in [6.45, 7) is 1.80. The number of hydrogen-bond donors (Lipinski definition) is 1. The molecule has 5 nitrogen and oxygen atoms in total. The summed E-state index contributed by atoms with van der Waals surface area (Å²) in [5.41, 5.74) is 1.21. The molecule has 1 aromatic carbocycles. The molecule has 1 aliphatic heterocycles. The Morgan fingerprint density at radius 3 is 2.31 bits per heavy atom. The van der Waals surface area contributed by atoms with E-state index in [2.05, 4.69) is 33.4 Å². The Balaban J connectivity index is 1.48. The molecule has 1 saturated carbocycles. The van der Waals surface area contributed by atoms with Crippen LogP contribution < -0.4 is 5.32 Å². The molecule has 1 N–H and O–H groups in total. The summed E-state index contributed by atoms with van der Waals surface area (Å²) in [5.74, 6) is -0.957. The third kappa shape index (κ3) is 4.34. The maximum Gasteiger partial charge on any atom is 0.240 e. The lowest BCUT2D eigenvalue weighted by Crippen LogP contribution is -2.43. The van der Waals surface area contributed by atoms with Crippen LogP contribution in [0.2, 0.25) is 0 Å². The number of aryl methyl sites for hydroxylation is 1. The Hall–Kier alpha value is -1.69. The zero-order valence-corrected chi connectivity index (χ0v) is 16.6. The van der Waals surface area contributed by atoms with Crippen molar-refractivity contribution in [3.63, 3.8) is 0 Å². The number of imide groups is 1. The fourth-order valence-electron chi connectivity index (χ4n) is 3.96. The molecule has 2 aliphatic rings. The number of hydrogen-bond acceptors (Lipinski definition) is 3. The highest BCUT2D eigenvalue weighted by Gasteiger charge is 2.48. The molecule has 1 heterocycles. The number of carbonyl (C=O) groups is 3. The molecular formula is C20H25BrN2O3. The van der Waals surface area contributed by atoms with Gasteiger partial charge in [0.15, 0.2) is 0 Å². The van der Waals surface area contributed by atoms with Crippen molar-refractivity contribution >= 4 is 33.7 Å². The molecule has 3 rings (SSSR count). The largest absolute Gasteiger partial charge is 0.352 e. The van der Waals surface area contributed by atoms with E-state index in [0.29, 0.717) is 0 Å². The number of carbonyl (C=O) groups excluding carboxylic acids is 3. The SMILES string of the molecule is CC(CCc1ccc(Br)cc1)NC(=O)CN1C(=O)C2CCCCC2C1=O. The molecule has 3 amide bonds. The second-order valence-electron chi connectivity index (χ2n) is 7.39. The van der Waals surface area contributed by atoms with E-state index >= 15 is 0 Å². The van der Waals surface area contributed by atoms with E-state index in [0.717, 1.165) is 43.0 Å². The normalized spacial score (nSPS) is 23.7. The van der Waals surface area contributed by atoms with Crippen LogP contribution in [0.4, 0.5) is 0 Å². The van der Waals surface area contributed by atoms with Gasteiger partial charge in [-0.2, -0.15) is 0 Å². The second-order valence-corrected chi connectivity index (χ2v) is 8.31. The quantitative estimate of drug-likeness (QED) is 0.718. The van der Waals surface area contributed by atoms with Crippen molar-refractivity contribution in [3.8, 4) is 0 Å². The third-order valence-corrected chi connectivity index (χ3v) is 5.95. The molecular weight excluding hydrogens is 396 g/mol. The average molecular weight is 421 g/mol. The van der Waals surface area contributed by atoms with Gasteiger partial charge >= 0.3 is 0 Å². The molecule has 0 aromatic heterocycles. The number of likely N-dealkylation sites (tertiary alicyclic amines) is 1. The van der Waals surface area contributed by atoms with Crippen LogP contribution in [0.25, 0.3) is 0 Å². The van der Waals surface area contributed by atoms with Crippen LogP contribution in [-0.2, 0) is 20.8 Å². The van der Waals surface area contributed by atoms with Crippen LogP contribution in [0.5, 0.6) is 0 Å². The van der Waals surface area contributed by atoms with Gasteiger partial charge in [-0.1, -0.05) is 40.9 Å². The Kier molecular flexibility index (Phi) is 6.12. The summed E-state index contributed by atoms with van der Waals surface area (Å²) in [4.78, 5) is 38.3. The lowest BCUT2D eigenvalue weighted by Gasteiger charge is -2.19. The molecule has 0 radical (unpaired) electrons. The molecule has 2 fully saturated rings. The molecule has 1 aliphatic carbocycles. The minimum Gasteiger partial charge on any atom is -0.352 e. The molecule has 0 spiro atoms. The molecule has 1 aromatic rings. The highest BCUT2D eigenvalue weighted by atomic mass is 79.9. The van der Waals surface area contributed by atoms with Crippen LogP contribution >= 0.6 is 15.9 Å². The smallest absolute Gasteiger partial charge is 0.240 e. The van der Waals surface area contributed by atoms with Gasteiger partial charge in [-0.3, -0.25) is 19.3 Å². The summed E-state index contributed by atoms with van der Waals surface area (Å²) in [6, 6.07) is 8.11. The van der Waals surface area contributed by atoms with Crippen molar-refractivity contribution < 1.29 is 14.4 Å². The summed E-state index contributed by atoms with van der Waals surface area (Å²) in [5, 5.41) is 2.92. The summed E-state index contributed by atoms with van der Waals surface area (Å²) in [6.07, 6.45) is 5.20. The van der Waals surface area contributed by atoms with Crippen molar-refractivity contribution in [2.24, 2.45) is 11.8 Å². The van der Waals surface area contributed by atoms with Crippen LogP contribution in [0.15, 0.2) is 28.7 Å². The van der Waals surface area contributed by atoms with Crippen molar-refractivity contribution in [1.29, 1.82) is 0 Å². The molecule has 140 valence electrons. The second kappa shape index (κ2) is 8.33. The Labute approximate surface area is 162 Å². The summed E-state index contributed by atoms with van der Waals surface area (Å²) >= 11 is 3.42. The van der Waals surface area contributed by atoms with Gasteiger partial charge in [-0.25, -0.2) is 0 Å². The zero-order chi connectivity index (χ0) is 18.7. The van der Waals surface area contributed by atoms with Crippen LogP contribution in [-0.4, -0.2) is 35.2 Å². The fraction of sp³-hybridized carbons (Fsp3) is 0.550. The van der Waals surface area contributed by atoms with E-state index in [1.54, 1.807) is 0 Å². The number of nitrogens with one attached hydrogen (secondary N) is 1. The number of benzene rings is 1. The summed E-state index contributed by atoms with van der Waals surface area (Å²) < 4.78 is 1.04. The minimum atomic E-state index is -0.256. The van der Waals surface area contributed by atoms with Crippen molar-refractivity contribution in [1.82, 2.24) is 10.2 Å². The van der Waals surface area contributed by atoms with Crippen LogP contribution in [0.3, 0.4) is 0 Å². The van der Waals surface area contributed by atoms with Gasteiger partial charge in [0, 0.05) is 10.5 Å². The van der Waals surface area contributed by atoms with E-state index in [-0.39, 0.29) is 42.1 Å². The number of amides is 3. The van der Waals surface area contributed by atoms with E-state index in [1.165, 1.54) is 10.5 Å². The topological polar surface area (TPSA) is 66.5 Å². The first kappa shape index (κ1) is 19.1. The van der Waals surface area contributed by atoms with Crippen LogP contribution in [0.1, 0.15) is 44.6 Å². The first-order valence-corrected chi connectivity index (χ1v) is 10.1. The van der Waals surface area contributed by atoms with E-state index in [1.807, 2.05) is 19.1 Å². The maximum atomic E-state index is 12.4. The van der Waals surface area contributed by atoms with E-state index < -0.39 is 0 Å². The lowest BCUT2D eigenvalue weighted by atomic mass is 9.81. The van der Waals surface area contributed by atoms with Gasteiger partial charge in [0.25, 0.3) is 0 Å². The third-order valence-electron chi connectivity index (χ3n) is 5.42. The van der Waals surface area contributed by atoms with E-state index in [4.69, 9.17) is 0 Å². The van der Waals surface area contributed by atoms with Gasteiger partial charge in [0.1, 0.15) is 6.54 Å². The van der Waals surface area contributed by atoms with Gasteiger partial charge < -0.3 is 5.32 Å². The highest BCUT2D eigenvalue weighted by Crippen LogP contribution is 2.37. The van der Waals surface area contributed by atoms with Crippen molar-refractivity contribution in [2.45, 2.75) is 51.5 Å². The first-order valence-electron chi connectivity index (χ1n) is 9.34. The van der Waals surface area contributed by atoms with Crippen molar-refractivity contribution in [2.75, 3.05) is 6.54 Å². The number of nitrogens with zero attached hydrogens (tertiary/aromatic N) is 1. The lowest BCUT2D eigenvalue weighted by molar-refractivity contribution is -0.143. The molecule has 26 heavy (non-hydrogen) atoms. The van der Waals surface area contributed by atoms with Gasteiger partial charge in [-0.15, -0.1) is 0 Å². The predicted molar refractivity (Wildman–Crippen MR) is 102 cm³/mol. The Bertz CT molecular complexity index is 665. The van der Waals surface area contributed by atoms with Crippen LogP contribution in [0, 0.1) is 11.8 Å². The Morgan fingerprint density at radius 1 is 1.15 bits per heavy atom. The molecule has 3 atom stereocenters. The average Bonchev–Trinajstić information content (AvgIpc) is 2.86. The molecule has 0 bridgehead atoms. The number of halogens is 1. The van der Waals surface area contributed by atoms with Gasteiger partial charge in [-0.05, 0) is 50.3 Å². The summed E-state index contributed by atoms with van der Waals surface area (Å²) in [7, 11) is 0. The number of fused-ring (bicyclic) bond motifs is 1. The van der Waals surface area contributed by atoms with Gasteiger partial charge in [0.05, 0.1) is 11.8 Å². The van der Waals surface area contributed by atoms with Crippen molar-refractivity contribution in [3.05, 3.63) is 34.3 Å². The molecule has 6 heteroatoms. The highest BCUT2D eigenvalue weighted by molar-refractivity contribution is 9.10.